The highest BCUT2D eigenvalue weighted by atomic mass is 16.2. The first kappa shape index (κ1) is 18.2. The minimum atomic E-state index is -0.273. The monoisotopic (exact) mass is 350 g/mol. The second-order valence-electron chi connectivity index (χ2n) is 7.86. The normalized spacial score (nSPS) is 14.3. The van der Waals surface area contributed by atoms with Crippen molar-refractivity contribution in [2.24, 2.45) is 0 Å². The van der Waals surface area contributed by atoms with E-state index in [-0.39, 0.29) is 17.4 Å². The number of nitrogens with zero attached hydrogens (tertiary/aromatic N) is 1. The van der Waals surface area contributed by atoms with E-state index in [9.17, 15) is 9.59 Å². The third-order valence-electron chi connectivity index (χ3n) is 4.47. The topological polar surface area (TPSA) is 49.4 Å². The molecule has 2 aromatic carbocycles. The molecule has 0 saturated carbocycles. The molecule has 0 radical (unpaired) electrons. The molecule has 1 fully saturated rings. The van der Waals surface area contributed by atoms with Gasteiger partial charge in [0.2, 0.25) is 0 Å². The van der Waals surface area contributed by atoms with Crippen molar-refractivity contribution in [2.75, 3.05) is 13.1 Å². The predicted molar refractivity (Wildman–Crippen MR) is 104 cm³/mol. The Hall–Kier alpha value is -2.62. The zero-order valence-corrected chi connectivity index (χ0v) is 15.7. The zero-order valence-electron chi connectivity index (χ0n) is 15.7. The molecule has 1 heterocycles. The Bertz CT molecular complexity index is 798. The standard InChI is InChI=1S/C22H26N2O2/c1-22(2,3)23-20(25)19-8-6-7-18(15-19)16-9-11-17(12-10-16)21(26)24-13-4-5-14-24/h6-12,15H,4-5,13-14H2,1-3H3,(H,23,25). The molecule has 3 rings (SSSR count). The molecule has 4 heteroatoms. The van der Waals surface area contributed by atoms with Crippen LogP contribution in [-0.2, 0) is 0 Å². The van der Waals surface area contributed by atoms with Crippen molar-refractivity contribution in [3.05, 3.63) is 59.7 Å². The van der Waals surface area contributed by atoms with Crippen LogP contribution in [0.25, 0.3) is 11.1 Å². The van der Waals surface area contributed by atoms with Crippen molar-refractivity contribution in [1.82, 2.24) is 10.2 Å². The van der Waals surface area contributed by atoms with Gasteiger partial charge in [0, 0.05) is 29.8 Å². The van der Waals surface area contributed by atoms with Gasteiger partial charge in [0.05, 0.1) is 0 Å². The van der Waals surface area contributed by atoms with Crippen LogP contribution >= 0.6 is 0 Å². The first-order valence-electron chi connectivity index (χ1n) is 9.16. The summed E-state index contributed by atoms with van der Waals surface area (Å²) in [5.74, 6) is 0.0209. The minimum absolute atomic E-state index is 0.0832. The van der Waals surface area contributed by atoms with Crippen LogP contribution in [0.5, 0.6) is 0 Å². The van der Waals surface area contributed by atoms with Gasteiger partial charge in [-0.1, -0.05) is 24.3 Å². The van der Waals surface area contributed by atoms with Crippen LogP contribution in [0.4, 0.5) is 0 Å². The van der Waals surface area contributed by atoms with Crippen molar-refractivity contribution in [2.45, 2.75) is 39.2 Å². The molecule has 0 atom stereocenters. The lowest BCUT2D eigenvalue weighted by Gasteiger charge is -2.20. The van der Waals surface area contributed by atoms with E-state index in [1.54, 1.807) is 0 Å². The average Bonchev–Trinajstić information content (AvgIpc) is 3.14. The molecule has 1 aliphatic heterocycles. The van der Waals surface area contributed by atoms with Gasteiger partial charge in [-0.15, -0.1) is 0 Å². The summed E-state index contributed by atoms with van der Waals surface area (Å²) in [4.78, 5) is 26.7. The highest BCUT2D eigenvalue weighted by Gasteiger charge is 2.19. The van der Waals surface area contributed by atoms with Gasteiger partial charge in [0.1, 0.15) is 0 Å². The summed E-state index contributed by atoms with van der Waals surface area (Å²) in [5.41, 5.74) is 3.04. The lowest BCUT2D eigenvalue weighted by Crippen LogP contribution is -2.40. The molecule has 26 heavy (non-hydrogen) atoms. The molecule has 0 unspecified atom stereocenters. The van der Waals surface area contributed by atoms with Crippen LogP contribution in [-0.4, -0.2) is 35.3 Å². The Balaban J connectivity index is 1.78. The molecule has 0 aromatic heterocycles. The van der Waals surface area contributed by atoms with Crippen molar-refractivity contribution >= 4 is 11.8 Å². The summed E-state index contributed by atoms with van der Waals surface area (Å²) < 4.78 is 0. The first-order chi connectivity index (χ1) is 12.3. The summed E-state index contributed by atoms with van der Waals surface area (Å²) in [7, 11) is 0. The van der Waals surface area contributed by atoms with Gasteiger partial charge >= 0.3 is 0 Å². The molecule has 2 amide bonds. The van der Waals surface area contributed by atoms with E-state index in [1.807, 2.05) is 74.2 Å². The van der Waals surface area contributed by atoms with E-state index < -0.39 is 0 Å². The maximum Gasteiger partial charge on any atom is 0.253 e. The number of rotatable bonds is 3. The maximum atomic E-state index is 12.4. The van der Waals surface area contributed by atoms with Crippen molar-refractivity contribution in [3.63, 3.8) is 0 Å². The van der Waals surface area contributed by atoms with Gasteiger partial charge in [-0.3, -0.25) is 9.59 Å². The second-order valence-corrected chi connectivity index (χ2v) is 7.86. The van der Waals surface area contributed by atoms with Crippen LogP contribution in [0.15, 0.2) is 48.5 Å². The number of hydrogen-bond acceptors (Lipinski definition) is 2. The van der Waals surface area contributed by atoms with E-state index in [0.717, 1.165) is 42.6 Å². The lowest BCUT2D eigenvalue weighted by molar-refractivity contribution is 0.0792. The number of carbonyl (C=O) groups is 2. The van der Waals surface area contributed by atoms with Gasteiger partial charge in [0.15, 0.2) is 0 Å². The summed E-state index contributed by atoms with van der Waals surface area (Å²) >= 11 is 0. The Morgan fingerprint density at radius 3 is 2.15 bits per heavy atom. The smallest absolute Gasteiger partial charge is 0.253 e. The summed E-state index contributed by atoms with van der Waals surface area (Å²) in [6.45, 7) is 7.59. The molecule has 2 aromatic rings. The van der Waals surface area contributed by atoms with Crippen LogP contribution in [0.3, 0.4) is 0 Å². The number of likely N-dealkylation sites (tertiary alicyclic amines) is 1. The van der Waals surface area contributed by atoms with Gasteiger partial charge < -0.3 is 10.2 Å². The highest BCUT2D eigenvalue weighted by molar-refractivity contribution is 5.96. The molecular formula is C22H26N2O2. The highest BCUT2D eigenvalue weighted by Crippen LogP contribution is 2.22. The maximum absolute atomic E-state index is 12.4. The lowest BCUT2D eigenvalue weighted by atomic mass is 10.0. The Labute approximate surface area is 155 Å². The third-order valence-corrected chi connectivity index (χ3v) is 4.47. The zero-order chi connectivity index (χ0) is 18.7. The molecule has 0 spiro atoms. The predicted octanol–water partition coefficient (Wildman–Crippen LogP) is 4.12. The number of hydrogen-bond donors (Lipinski definition) is 1. The SMILES string of the molecule is CC(C)(C)NC(=O)c1cccc(-c2ccc(C(=O)N3CCCC3)cc2)c1. The average molecular weight is 350 g/mol. The van der Waals surface area contributed by atoms with Gasteiger partial charge in [-0.05, 0) is 69.0 Å². The fraction of sp³-hybridized carbons (Fsp3) is 0.364. The Morgan fingerprint density at radius 1 is 0.885 bits per heavy atom. The largest absolute Gasteiger partial charge is 0.347 e. The molecule has 1 aliphatic rings. The Morgan fingerprint density at radius 2 is 1.54 bits per heavy atom. The van der Waals surface area contributed by atoms with Crippen LogP contribution in [0.1, 0.15) is 54.3 Å². The number of carbonyl (C=O) groups excluding carboxylic acids is 2. The fourth-order valence-electron chi connectivity index (χ4n) is 3.16. The molecule has 4 nitrogen and oxygen atoms in total. The fourth-order valence-corrected chi connectivity index (χ4v) is 3.16. The van der Waals surface area contributed by atoms with Gasteiger partial charge in [-0.2, -0.15) is 0 Å². The van der Waals surface area contributed by atoms with E-state index in [4.69, 9.17) is 0 Å². The minimum Gasteiger partial charge on any atom is -0.347 e. The van der Waals surface area contributed by atoms with E-state index >= 15 is 0 Å². The van der Waals surface area contributed by atoms with Gasteiger partial charge in [-0.25, -0.2) is 0 Å². The molecule has 1 N–H and O–H groups in total. The molecule has 1 saturated heterocycles. The number of amides is 2. The molecule has 0 aliphatic carbocycles. The van der Waals surface area contributed by atoms with E-state index in [2.05, 4.69) is 5.32 Å². The van der Waals surface area contributed by atoms with Crippen molar-refractivity contribution in [3.8, 4) is 11.1 Å². The number of nitrogens with one attached hydrogen (secondary N) is 1. The third kappa shape index (κ3) is 4.31. The van der Waals surface area contributed by atoms with Crippen LogP contribution in [0.2, 0.25) is 0 Å². The summed E-state index contributed by atoms with van der Waals surface area (Å²) in [6, 6.07) is 15.2. The summed E-state index contributed by atoms with van der Waals surface area (Å²) in [5, 5.41) is 2.98. The van der Waals surface area contributed by atoms with Crippen LogP contribution in [0, 0.1) is 0 Å². The van der Waals surface area contributed by atoms with E-state index in [1.165, 1.54) is 0 Å². The van der Waals surface area contributed by atoms with E-state index in [0.29, 0.717) is 5.56 Å². The number of benzene rings is 2. The van der Waals surface area contributed by atoms with Crippen LogP contribution < -0.4 is 5.32 Å². The first-order valence-corrected chi connectivity index (χ1v) is 9.16. The Kier molecular flexibility index (Phi) is 5.12. The quantitative estimate of drug-likeness (QED) is 0.905. The summed E-state index contributed by atoms with van der Waals surface area (Å²) in [6.07, 6.45) is 2.18. The molecule has 0 bridgehead atoms. The van der Waals surface area contributed by atoms with Crippen molar-refractivity contribution < 1.29 is 9.59 Å². The van der Waals surface area contributed by atoms with Crippen molar-refractivity contribution in [1.29, 1.82) is 0 Å². The molecule has 136 valence electrons. The second kappa shape index (κ2) is 7.32. The molecular weight excluding hydrogens is 324 g/mol. The van der Waals surface area contributed by atoms with Gasteiger partial charge in [0.25, 0.3) is 11.8 Å².